The lowest BCUT2D eigenvalue weighted by Crippen LogP contribution is -2.33. The highest BCUT2D eigenvalue weighted by Gasteiger charge is 2.20. The molecule has 1 rings (SSSR count). The van der Waals surface area contributed by atoms with E-state index in [1.54, 1.807) is 6.92 Å². The quantitative estimate of drug-likeness (QED) is 0.726. The molecule has 4 nitrogen and oxygen atoms in total. The van der Waals surface area contributed by atoms with Crippen molar-refractivity contribution in [1.82, 2.24) is 5.32 Å². The summed E-state index contributed by atoms with van der Waals surface area (Å²) in [6.07, 6.45) is 5.79. The number of hydrogen-bond acceptors (Lipinski definition) is 3. The summed E-state index contributed by atoms with van der Waals surface area (Å²) in [4.78, 5) is 22.7. The summed E-state index contributed by atoms with van der Waals surface area (Å²) in [6, 6.07) is 0. The summed E-state index contributed by atoms with van der Waals surface area (Å²) in [5.41, 5.74) is 0. The monoisotopic (exact) mass is 227 g/mol. The number of carbonyl (C=O) groups is 2. The summed E-state index contributed by atoms with van der Waals surface area (Å²) in [7, 11) is 0. The molecule has 0 aromatic carbocycles. The van der Waals surface area contributed by atoms with Crippen LogP contribution in [-0.2, 0) is 14.3 Å². The molecule has 0 spiro atoms. The van der Waals surface area contributed by atoms with Gasteiger partial charge in [0.1, 0.15) is 0 Å². The van der Waals surface area contributed by atoms with E-state index in [1.165, 1.54) is 6.42 Å². The molecule has 1 aliphatic carbocycles. The molecule has 1 saturated carbocycles. The van der Waals surface area contributed by atoms with Crippen molar-refractivity contribution >= 4 is 11.9 Å². The van der Waals surface area contributed by atoms with E-state index in [9.17, 15) is 9.59 Å². The molecule has 0 heterocycles. The zero-order chi connectivity index (χ0) is 11.8. The zero-order valence-corrected chi connectivity index (χ0v) is 9.96. The van der Waals surface area contributed by atoms with Crippen LogP contribution in [0, 0.1) is 5.92 Å². The Balaban J connectivity index is 2.12. The summed E-state index contributed by atoms with van der Waals surface area (Å²) in [5.74, 6) is 0.0198. The summed E-state index contributed by atoms with van der Waals surface area (Å²) in [5, 5.41) is 2.80. The second-order valence-electron chi connectivity index (χ2n) is 4.18. The van der Waals surface area contributed by atoms with Gasteiger partial charge in [-0.05, 0) is 19.8 Å². The summed E-state index contributed by atoms with van der Waals surface area (Å²) in [6.45, 7) is 2.57. The molecule has 1 aliphatic rings. The molecule has 0 aromatic rings. The first-order chi connectivity index (χ1) is 7.74. The first-order valence-electron chi connectivity index (χ1n) is 6.17. The Kier molecular flexibility index (Phi) is 5.90. The van der Waals surface area contributed by atoms with Crippen LogP contribution in [0.25, 0.3) is 0 Å². The molecule has 0 bridgehead atoms. The smallest absolute Gasteiger partial charge is 0.307 e. The normalized spacial score (nSPS) is 16.8. The van der Waals surface area contributed by atoms with Crippen LogP contribution in [0.5, 0.6) is 0 Å². The number of esters is 1. The molecule has 0 atom stereocenters. The lowest BCUT2D eigenvalue weighted by Gasteiger charge is -2.20. The fraction of sp³-hybridized carbons (Fsp3) is 0.833. The molecule has 0 saturated heterocycles. The van der Waals surface area contributed by atoms with Gasteiger partial charge in [-0.3, -0.25) is 9.59 Å². The maximum absolute atomic E-state index is 11.7. The van der Waals surface area contributed by atoms with Gasteiger partial charge in [-0.15, -0.1) is 0 Å². The maximum atomic E-state index is 11.7. The third-order valence-electron chi connectivity index (χ3n) is 2.91. The van der Waals surface area contributed by atoms with Crippen molar-refractivity contribution in [3.05, 3.63) is 0 Å². The van der Waals surface area contributed by atoms with Crippen molar-refractivity contribution < 1.29 is 14.3 Å². The Hall–Kier alpha value is -1.06. The molecule has 0 radical (unpaired) electrons. The van der Waals surface area contributed by atoms with Crippen LogP contribution >= 0.6 is 0 Å². The first-order valence-corrected chi connectivity index (χ1v) is 6.17. The Morgan fingerprint density at radius 2 is 1.94 bits per heavy atom. The van der Waals surface area contributed by atoms with Crippen molar-refractivity contribution in [3.63, 3.8) is 0 Å². The molecule has 92 valence electrons. The highest BCUT2D eigenvalue weighted by molar-refractivity contribution is 5.79. The molecular formula is C12H21NO3. The van der Waals surface area contributed by atoms with Crippen molar-refractivity contribution in [1.29, 1.82) is 0 Å². The van der Waals surface area contributed by atoms with Gasteiger partial charge >= 0.3 is 5.97 Å². The van der Waals surface area contributed by atoms with Crippen LogP contribution in [0.1, 0.15) is 45.4 Å². The standard InChI is InChI=1S/C12H21NO3/c1-2-16-11(14)8-9-13-12(15)10-6-4-3-5-7-10/h10H,2-9H2,1H3,(H,13,15). The highest BCUT2D eigenvalue weighted by Crippen LogP contribution is 2.23. The van der Waals surface area contributed by atoms with Gasteiger partial charge in [0, 0.05) is 12.5 Å². The van der Waals surface area contributed by atoms with Gasteiger partial charge in [-0.2, -0.15) is 0 Å². The van der Waals surface area contributed by atoms with Crippen LogP contribution in [0.15, 0.2) is 0 Å². The predicted molar refractivity (Wildman–Crippen MR) is 60.8 cm³/mol. The Morgan fingerprint density at radius 1 is 1.25 bits per heavy atom. The highest BCUT2D eigenvalue weighted by atomic mass is 16.5. The van der Waals surface area contributed by atoms with Crippen LogP contribution in [-0.4, -0.2) is 25.0 Å². The lowest BCUT2D eigenvalue weighted by atomic mass is 9.89. The van der Waals surface area contributed by atoms with Crippen molar-refractivity contribution in [2.75, 3.05) is 13.2 Å². The number of nitrogens with one attached hydrogen (secondary N) is 1. The van der Waals surface area contributed by atoms with Gasteiger partial charge in [0.15, 0.2) is 0 Å². The molecule has 0 unspecified atom stereocenters. The van der Waals surface area contributed by atoms with Gasteiger partial charge in [0.2, 0.25) is 5.91 Å². The second kappa shape index (κ2) is 7.25. The van der Waals surface area contributed by atoms with E-state index in [0.29, 0.717) is 13.2 Å². The average Bonchev–Trinajstić information content (AvgIpc) is 2.30. The van der Waals surface area contributed by atoms with Gasteiger partial charge < -0.3 is 10.1 Å². The molecule has 4 heteroatoms. The molecule has 16 heavy (non-hydrogen) atoms. The van der Waals surface area contributed by atoms with Gasteiger partial charge in [0.25, 0.3) is 0 Å². The van der Waals surface area contributed by atoms with Gasteiger partial charge in [-0.25, -0.2) is 0 Å². The lowest BCUT2D eigenvalue weighted by molar-refractivity contribution is -0.143. The third-order valence-corrected chi connectivity index (χ3v) is 2.91. The van der Waals surface area contributed by atoms with Crippen molar-refractivity contribution in [3.8, 4) is 0 Å². The largest absolute Gasteiger partial charge is 0.466 e. The van der Waals surface area contributed by atoms with E-state index in [0.717, 1.165) is 25.7 Å². The van der Waals surface area contributed by atoms with E-state index < -0.39 is 0 Å². The molecule has 1 N–H and O–H groups in total. The number of carbonyl (C=O) groups excluding carboxylic acids is 2. The minimum absolute atomic E-state index is 0.101. The maximum Gasteiger partial charge on any atom is 0.307 e. The fourth-order valence-corrected chi connectivity index (χ4v) is 2.03. The fourth-order valence-electron chi connectivity index (χ4n) is 2.03. The molecule has 1 fully saturated rings. The zero-order valence-electron chi connectivity index (χ0n) is 9.96. The van der Waals surface area contributed by atoms with E-state index in [2.05, 4.69) is 5.32 Å². The number of rotatable bonds is 5. The average molecular weight is 227 g/mol. The van der Waals surface area contributed by atoms with E-state index in [4.69, 9.17) is 4.74 Å². The van der Waals surface area contributed by atoms with Gasteiger partial charge in [0.05, 0.1) is 13.0 Å². The summed E-state index contributed by atoms with van der Waals surface area (Å²) < 4.78 is 4.78. The Labute approximate surface area is 96.7 Å². The molecular weight excluding hydrogens is 206 g/mol. The molecule has 1 amide bonds. The minimum atomic E-state index is -0.244. The van der Waals surface area contributed by atoms with E-state index in [-0.39, 0.29) is 24.2 Å². The van der Waals surface area contributed by atoms with Crippen LogP contribution in [0.3, 0.4) is 0 Å². The first kappa shape index (κ1) is 13.0. The van der Waals surface area contributed by atoms with Crippen molar-refractivity contribution in [2.24, 2.45) is 5.92 Å². The Morgan fingerprint density at radius 3 is 2.56 bits per heavy atom. The minimum Gasteiger partial charge on any atom is -0.466 e. The topological polar surface area (TPSA) is 55.4 Å². The Bertz CT molecular complexity index is 234. The third kappa shape index (κ3) is 4.64. The van der Waals surface area contributed by atoms with E-state index >= 15 is 0 Å². The van der Waals surface area contributed by atoms with Crippen LogP contribution in [0.4, 0.5) is 0 Å². The number of amides is 1. The van der Waals surface area contributed by atoms with Crippen molar-refractivity contribution in [2.45, 2.75) is 45.4 Å². The molecule has 0 aromatic heterocycles. The van der Waals surface area contributed by atoms with Gasteiger partial charge in [-0.1, -0.05) is 19.3 Å². The number of hydrogen-bond donors (Lipinski definition) is 1. The summed E-state index contributed by atoms with van der Waals surface area (Å²) >= 11 is 0. The number of ether oxygens (including phenoxy) is 1. The SMILES string of the molecule is CCOC(=O)CCNC(=O)C1CCCCC1. The van der Waals surface area contributed by atoms with Crippen LogP contribution < -0.4 is 5.32 Å². The second-order valence-corrected chi connectivity index (χ2v) is 4.18. The molecule has 0 aliphatic heterocycles. The van der Waals surface area contributed by atoms with Crippen LogP contribution in [0.2, 0.25) is 0 Å². The predicted octanol–water partition coefficient (Wildman–Crippen LogP) is 1.64. The van der Waals surface area contributed by atoms with E-state index in [1.807, 2.05) is 0 Å².